The normalized spacial score (nSPS) is 20.8. The van der Waals surface area contributed by atoms with E-state index in [1.54, 1.807) is 6.20 Å². The van der Waals surface area contributed by atoms with Crippen molar-refractivity contribution < 1.29 is 4.21 Å². The molecular weight excluding hydrogens is 372 g/mol. The smallest absolute Gasteiger partial charge is 0.167 e. The third-order valence-electron chi connectivity index (χ3n) is 5.11. The molecule has 0 spiro atoms. The van der Waals surface area contributed by atoms with Gasteiger partial charge in [-0.3, -0.25) is 10.1 Å². The van der Waals surface area contributed by atoms with Crippen LogP contribution in [0.5, 0.6) is 0 Å². The van der Waals surface area contributed by atoms with Gasteiger partial charge in [-0.1, -0.05) is 6.92 Å². The summed E-state index contributed by atoms with van der Waals surface area (Å²) in [6.07, 6.45) is 6.32. The van der Waals surface area contributed by atoms with Gasteiger partial charge in [0.2, 0.25) is 0 Å². The Morgan fingerprint density at radius 1 is 1.36 bits per heavy atom. The summed E-state index contributed by atoms with van der Waals surface area (Å²) in [7, 11) is 0. The Balaban J connectivity index is 1.70. The van der Waals surface area contributed by atoms with Crippen molar-refractivity contribution >= 4 is 11.2 Å². The third-order valence-corrected chi connectivity index (χ3v) is 6.34. The Kier molecular flexibility index (Phi) is 6.94. The first-order chi connectivity index (χ1) is 13.5. The van der Waals surface area contributed by atoms with Crippen LogP contribution in [-0.4, -0.2) is 31.5 Å². The zero-order valence-corrected chi connectivity index (χ0v) is 17.5. The van der Waals surface area contributed by atoms with Crippen LogP contribution in [0.15, 0.2) is 18.3 Å². The van der Waals surface area contributed by atoms with Crippen LogP contribution >= 0.6 is 0 Å². The summed E-state index contributed by atoms with van der Waals surface area (Å²) in [4.78, 5) is 4.33. The first-order valence-corrected chi connectivity index (χ1v) is 11.0. The molecule has 1 unspecified atom stereocenters. The maximum absolute atomic E-state index is 12.0. The number of H-pyrrole nitrogens is 1. The highest BCUT2D eigenvalue weighted by molar-refractivity contribution is 7.81. The molecule has 0 radical (unpaired) electrons. The fourth-order valence-electron chi connectivity index (χ4n) is 3.69. The van der Waals surface area contributed by atoms with E-state index in [9.17, 15) is 9.47 Å². The van der Waals surface area contributed by atoms with E-state index in [1.165, 1.54) is 0 Å². The highest BCUT2D eigenvalue weighted by Crippen LogP contribution is 2.36. The number of pyridine rings is 1. The summed E-state index contributed by atoms with van der Waals surface area (Å²) in [6, 6.07) is 6.65. The molecule has 1 atom stereocenters. The van der Waals surface area contributed by atoms with E-state index >= 15 is 0 Å². The van der Waals surface area contributed by atoms with Crippen molar-refractivity contribution in [1.29, 1.82) is 5.26 Å². The summed E-state index contributed by atoms with van der Waals surface area (Å²) < 4.78 is 18.1. The number of aromatic amines is 1. The van der Waals surface area contributed by atoms with Gasteiger partial charge < -0.3 is 0 Å². The largest absolute Gasteiger partial charge is 0.280 e. The van der Waals surface area contributed by atoms with Gasteiger partial charge in [-0.15, -0.1) is 0 Å². The molecule has 1 aliphatic carbocycles. The van der Waals surface area contributed by atoms with Crippen LogP contribution < -0.4 is 9.44 Å². The van der Waals surface area contributed by atoms with Gasteiger partial charge in [-0.2, -0.15) is 10.4 Å². The topological polar surface area (TPSA) is 106 Å². The van der Waals surface area contributed by atoms with Crippen LogP contribution in [0.25, 0.3) is 11.3 Å². The van der Waals surface area contributed by atoms with E-state index in [0.29, 0.717) is 11.3 Å². The van der Waals surface area contributed by atoms with E-state index in [1.807, 2.05) is 26.0 Å². The molecule has 0 saturated heterocycles. The van der Waals surface area contributed by atoms with E-state index in [2.05, 4.69) is 37.6 Å². The summed E-state index contributed by atoms with van der Waals surface area (Å²) >= 11 is -1.21. The average Bonchev–Trinajstić information content (AvgIpc) is 3.12. The second-order valence-electron chi connectivity index (χ2n) is 7.57. The molecule has 3 rings (SSSR count). The second-order valence-corrected chi connectivity index (χ2v) is 8.58. The molecule has 8 heteroatoms. The lowest BCUT2D eigenvalue weighted by Gasteiger charge is -2.28. The van der Waals surface area contributed by atoms with Gasteiger partial charge in [0.1, 0.15) is 17.3 Å². The predicted octanol–water partition coefficient (Wildman–Crippen LogP) is 3.10. The molecule has 1 fully saturated rings. The molecule has 2 aromatic heterocycles. The molecule has 2 aromatic rings. The summed E-state index contributed by atoms with van der Waals surface area (Å²) in [5.41, 5.74) is 4.18. The molecule has 7 nitrogen and oxygen atoms in total. The number of rotatable bonds is 7. The second kappa shape index (κ2) is 9.41. The standard InChI is InChI=1S/C20H28N6OS/c1-4-16-11-15(9-10-22-16)20-18(12-21)19(23-24-20)14-5-7-17(8-6-14)26-28(27)25-13(2)3/h9-11,13-14,17,25-26H,4-8H2,1-3H3,(H,23,24). The molecular formula is C20H28N6OS. The van der Waals surface area contributed by atoms with Crippen LogP contribution in [0, 0.1) is 11.3 Å². The van der Waals surface area contributed by atoms with Crippen LogP contribution in [0.2, 0.25) is 0 Å². The Hall–Kier alpha value is -2.08. The minimum Gasteiger partial charge on any atom is -0.280 e. The zero-order chi connectivity index (χ0) is 20.1. The van der Waals surface area contributed by atoms with Crippen molar-refractivity contribution in [2.45, 2.75) is 70.9 Å². The average molecular weight is 401 g/mol. The van der Waals surface area contributed by atoms with Crippen molar-refractivity contribution in [2.24, 2.45) is 0 Å². The molecule has 2 heterocycles. The van der Waals surface area contributed by atoms with Crippen molar-refractivity contribution in [1.82, 2.24) is 24.6 Å². The lowest BCUT2D eigenvalue weighted by molar-refractivity contribution is 0.372. The molecule has 28 heavy (non-hydrogen) atoms. The van der Waals surface area contributed by atoms with Gasteiger partial charge in [0, 0.05) is 35.5 Å². The van der Waals surface area contributed by atoms with Gasteiger partial charge in [-0.25, -0.2) is 13.7 Å². The maximum Gasteiger partial charge on any atom is 0.167 e. The Morgan fingerprint density at radius 3 is 2.75 bits per heavy atom. The van der Waals surface area contributed by atoms with Gasteiger partial charge in [0.15, 0.2) is 11.2 Å². The fourth-order valence-corrected chi connectivity index (χ4v) is 4.73. The monoisotopic (exact) mass is 400 g/mol. The summed E-state index contributed by atoms with van der Waals surface area (Å²) in [5, 5.41) is 17.4. The van der Waals surface area contributed by atoms with Crippen molar-refractivity contribution in [3.63, 3.8) is 0 Å². The molecule has 0 aliphatic heterocycles. The lowest BCUT2D eigenvalue weighted by atomic mass is 9.83. The van der Waals surface area contributed by atoms with E-state index in [0.717, 1.165) is 49.1 Å². The quantitative estimate of drug-likeness (QED) is 0.664. The van der Waals surface area contributed by atoms with Crippen LogP contribution in [0.3, 0.4) is 0 Å². The lowest BCUT2D eigenvalue weighted by Crippen LogP contribution is -2.41. The first kappa shape index (κ1) is 20.6. The Bertz CT molecular complexity index is 864. The highest BCUT2D eigenvalue weighted by atomic mass is 32.2. The number of hydrogen-bond donors (Lipinski definition) is 3. The van der Waals surface area contributed by atoms with Gasteiger partial charge in [-0.05, 0) is 58.1 Å². The zero-order valence-electron chi connectivity index (χ0n) is 16.7. The minimum atomic E-state index is -1.21. The van der Waals surface area contributed by atoms with Crippen molar-refractivity contribution in [3.05, 3.63) is 35.3 Å². The molecule has 1 saturated carbocycles. The SMILES string of the molecule is CCc1cc(-c2n[nH]c(C3CCC(NS(=O)NC(C)C)CC3)c2C#N)ccn1. The highest BCUT2D eigenvalue weighted by Gasteiger charge is 2.28. The molecule has 0 amide bonds. The fraction of sp³-hybridized carbons (Fsp3) is 0.550. The molecule has 150 valence electrons. The Labute approximate surface area is 169 Å². The van der Waals surface area contributed by atoms with Crippen LogP contribution in [0.4, 0.5) is 0 Å². The minimum absolute atomic E-state index is 0.174. The Morgan fingerprint density at radius 2 is 2.11 bits per heavy atom. The van der Waals surface area contributed by atoms with Crippen LogP contribution in [0.1, 0.15) is 69.3 Å². The molecule has 0 aromatic carbocycles. The first-order valence-electron chi connectivity index (χ1n) is 9.89. The molecule has 3 N–H and O–H groups in total. The van der Waals surface area contributed by atoms with Gasteiger partial charge in [0.25, 0.3) is 0 Å². The maximum atomic E-state index is 12.0. The molecule has 0 bridgehead atoms. The number of nitriles is 1. The number of hydrogen-bond acceptors (Lipinski definition) is 4. The summed E-state index contributed by atoms with van der Waals surface area (Å²) in [6.45, 7) is 6.01. The number of nitrogens with zero attached hydrogens (tertiary/aromatic N) is 3. The number of aromatic nitrogens is 3. The van der Waals surface area contributed by atoms with E-state index < -0.39 is 11.2 Å². The van der Waals surface area contributed by atoms with Crippen LogP contribution in [-0.2, 0) is 17.6 Å². The third kappa shape index (κ3) is 4.85. The predicted molar refractivity (Wildman–Crippen MR) is 110 cm³/mol. The van der Waals surface area contributed by atoms with Gasteiger partial charge in [0.05, 0.1) is 5.69 Å². The molecule has 1 aliphatic rings. The summed E-state index contributed by atoms with van der Waals surface area (Å²) in [5.74, 6) is 0.271. The number of nitrogens with one attached hydrogen (secondary N) is 3. The van der Waals surface area contributed by atoms with E-state index in [4.69, 9.17) is 0 Å². The van der Waals surface area contributed by atoms with Crippen molar-refractivity contribution in [2.75, 3.05) is 0 Å². The van der Waals surface area contributed by atoms with Crippen molar-refractivity contribution in [3.8, 4) is 17.3 Å². The van der Waals surface area contributed by atoms with Gasteiger partial charge >= 0.3 is 0 Å². The van der Waals surface area contributed by atoms with E-state index in [-0.39, 0.29) is 18.0 Å². The number of aryl methyl sites for hydroxylation is 1.